The standard InChI is InChI=1S/C20H19ClN2O3S/c21-17-8-5-15(6-9-17)14-27(24,25)23-12-11-18(13-23)26-20-10-7-16-3-1-2-4-19(16)22-20/h1-10,18H,11-14H2. The molecule has 1 unspecified atom stereocenters. The molecule has 1 saturated heterocycles. The first kappa shape index (κ1) is 18.2. The van der Waals surface area contributed by atoms with Crippen LogP contribution in [0.5, 0.6) is 5.88 Å². The Kier molecular flexibility index (Phi) is 5.04. The van der Waals surface area contributed by atoms with Crippen LogP contribution in [0.15, 0.2) is 60.7 Å². The van der Waals surface area contributed by atoms with Crippen molar-refractivity contribution >= 4 is 32.5 Å². The average molecular weight is 403 g/mol. The Balaban J connectivity index is 1.42. The summed E-state index contributed by atoms with van der Waals surface area (Å²) in [5, 5.41) is 1.64. The van der Waals surface area contributed by atoms with E-state index in [1.54, 1.807) is 24.3 Å². The van der Waals surface area contributed by atoms with E-state index in [1.165, 1.54) is 4.31 Å². The van der Waals surface area contributed by atoms with E-state index >= 15 is 0 Å². The molecule has 5 nitrogen and oxygen atoms in total. The second-order valence-electron chi connectivity index (χ2n) is 6.61. The van der Waals surface area contributed by atoms with Gasteiger partial charge in [-0.1, -0.05) is 41.9 Å². The lowest BCUT2D eigenvalue weighted by Crippen LogP contribution is -2.32. The Labute approximate surface area is 163 Å². The number of sulfonamides is 1. The summed E-state index contributed by atoms with van der Waals surface area (Å²) in [6, 6.07) is 18.5. The van der Waals surface area contributed by atoms with Crippen LogP contribution in [0.25, 0.3) is 10.9 Å². The molecule has 1 atom stereocenters. The molecule has 0 spiro atoms. The molecule has 0 amide bonds. The van der Waals surface area contributed by atoms with Gasteiger partial charge in [0.2, 0.25) is 15.9 Å². The largest absolute Gasteiger partial charge is 0.473 e. The van der Waals surface area contributed by atoms with E-state index in [1.807, 2.05) is 36.4 Å². The molecule has 27 heavy (non-hydrogen) atoms. The number of fused-ring (bicyclic) bond motifs is 1. The Bertz CT molecular complexity index is 1050. The number of hydrogen-bond acceptors (Lipinski definition) is 4. The third kappa shape index (κ3) is 4.24. The van der Waals surface area contributed by atoms with E-state index < -0.39 is 10.0 Å². The molecule has 1 aliphatic heterocycles. The molecule has 0 radical (unpaired) electrons. The van der Waals surface area contributed by atoms with Crippen LogP contribution in [-0.2, 0) is 15.8 Å². The molecule has 7 heteroatoms. The van der Waals surface area contributed by atoms with Gasteiger partial charge in [0.1, 0.15) is 6.10 Å². The van der Waals surface area contributed by atoms with Crippen LogP contribution in [0.2, 0.25) is 5.02 Å². The Morgan fingerprint density at radius 3 is 2.67 bits per heavy atom. The summed E-state index contributed by atoms with van der Waals surface area (Å²) in [4.78, 5) is 4.50. The Hall–Kier alpha value is -2.15. The van der Waals surface area contributed by atoms with E-state index in [0.717, 1.165) is 16.5 Å². The second kappa shape index (κ2) is 7.46. The zero-order valence-corrected chi connectivity index (χ0v) is 16.2. The molecule has 1 fully saturated rings. The SMILES string of the molecule is O=S(=O)(Cc1ccc(Cl)cc1)N1CCC(Oc2ccc3ccccc3n2)C1. The van der Waals surface area contributed by atoms with Crippen molar-refractivity contribution in [1.82, 2.24) is 9.29 Å². The quantitative estimate of drug-likeness (QED) is 0.650. The minimum atomic E-state index is -3.40. The van der Waals surface area contributed by atoms with Crippen molar-refractivity contribution < 1.29 is 13.2 Å². The number of nitrogens with zero attached hydrogens (tertiary/aromatic N) is 2. The molecule has 0 aliphatic carbocycles. The lowest BCUT2D eigenvalue weighted by atomic mass is 10.2. The highest BCUT2D eigenvalue weighted by molar-refractivity contribution is 7.88. The summed E-state index contributed by atoms with van der Waals surface area (Å²) >= 11 is 5.86. The maximum Gasteiger partial charge on any atom is 0.218 e. The molecule has 2 heterocycles. The van der Waals surface area contributed by atoms with Gasteiger partial charge in [0, 0.05) is 23.0 Å². The highest BCUT2D eigenvalue weighted by atomic mass is 35.5. The number of para-hydroxylation sites is 1. The highest BCUT2D eigenvalue weighted by Gasteiger charge is 2.32. The zero-order valence-electron chi connectivity index (χ0n) is 14.6. The maximum atomic E-state index is 12.7. The Morgan fingerprint density at radius 2 is 1.85 bits per heavy atom. The third-order valence-electron chi connectivity index (χ3n) is 4.62. The number of ether oxygens (including phenoxy) is 1. The summed E-state index contributed by atoms with van der Waals surface area (Å²) in [5.41, 5.74) is 1.58. The second-order valence-corrected chi connectivity index (χ2v) is 9.02. The average Bonchev–Trinajstić information content (AvgIpc) is 3.13. The first-order valence-electron chi connectivity index (χ1n) is 8.74. The summed E-state index contributed by atoms with van der Waals surface area (Å²) < 4.78 is 32.8. The number of halogens is 1. The fraction of sp³-hybridized carbons (Fsp3) is 0.250. The molecule has 1 aliphatic rings. The molecule has 0 bridgehead atoms. The van der Waals surface area contributed by atoms with E-state index in [9.17, 15) is 8.42 Å². The van der Waals surface area contributed by atoms with Crippen LogP contribution in [0.1, 0.15) is 12.0 Å². The van der Waals surface area contributed by atoms with Gasteiger partial charge >= 0.3 is 0 Å². The molecular weight excluding hydrogens is 384 g/mol. The summed E-state index contributed by atoms with van der Waals surface area (Å²) in [6.07, 6.45) is 0.451. The van der Waals surface area contributed by atoms with Gasteiger partial charge in [0.25, 0.3) is 0 Å². The summed E-state index contributed by atoms with van der Waals surface area (Å²) in [5.74, 6) is 0.487. The minimum Gasteiger partial charge on any atom is -0.473 e. The molecule has 2 aromatic carbocycles. The third-order valence-corrected chi connectivity index (χ3v) is 6.69. The molecular formula is C20H19ClN2O3S. The van der Waals surface area contributed by atoms with Crippen molar-refractivity contribution in [1.29, 1.82) is 0 Å². The van der Waals surface area contributed by atoms with Crippen molar-refractivity contribution in [3.05, 3.63) is 71.2 Å². The van der Waals surface area contributed by atoms with Gasteiger partial charge in [0.05, 0.1) is 17.8 Å². The lowest BCUT2D eigenvalue weighted by Gasteiger charge is -2.17. The van der Waals surface area contributed by atoms with Gasteiger partial charge in [-0.3, -0.25) is 0 Å². The van der Waals surface area contributed by atoms with E-state index in [2.05, 4.69) is 4.98 Å². The number of rotatable bonds is 5. The molecule has 140 valence electrons. The van der Waals surface area contributed by atoms with Crippen LogP contribution in [0.3, 0.4) is 0 Å². The maximum absolute atomic E-state index is 12.7. The number of pyridine rings is 1. The van der Waals surface area contributed by atoms with Crippen LogP contribution < -0.4 is 4.74 Å². The van der Waals surface area contributed by atoms with Crippen LogP contribution in [0.4, 0.5) is 0 Å². The number of hydrogen-bond donors (Lipinski definition) is 0. The summed E-state index contributed by atoms with van der Waals surface area (Å²) in [6.45, 7) is 0.790. The summed E-state index contributed by atoms with van der Waals surface area (Å²) in [7, 11) is -3.40. The van der Waals surface area contributed by atoms with Crippen LogP contribution in [0, 0.1) is 0 Å². The van der Waals surface area contributed by atoms with Crippen LogP contribution in [-0.4, -0.2) is 36.9 Å². The fourth-order valence-corrected chi connectivity index (χ4v) is 4.91. The number of aromatic nitrogens is 1. The lowest BCUT2D eigenvalue weighted by molar-refractivity contribution is 0.207. The molecule has 4 rings (SSSR count). The Morgan fingerprint density at radius 1 is 1.07 bits per heavy atom. The smallest absolute Gasteiger partial charge is 0.218 e. The topological polar surface area (TPSA) is 59.5 Å². The molecule has 0 N–H and O–H groups in total. The minimum absolute atomic E-state index is 0.0366. The molecule has 3 aromatic rings. The first-order chi connectivity index (χ1) is 13.0. The van der Waals surface area contributed by atoms with E-state index in [0.29, 0.717) is 30.4 Å². The predicted octanol–water partition coefficient (Wildman–Crippen LogP) is 3.87. The van der Waals surface area contributed by atoms with Crippen molar-refractivity contribution in [3.8, 4) is 5.88 Å². The molecule has 0 saturated carbocycles. The van der Waals surface area contributed by atoms with E-state index in [4.69, 9.17) is 16.3 Å². The first-order valence-corrected chi connectivity index (χ1v) is 10.7. The zero-order chi connectivity index (χ0) is 18.9. The van der Waals surface area contributed by atoms with Crippen molar-refractivity contribution in [2.24, 2.45) is 0 Å². The van der Waals surface area contributed by atoms with Crippen LogP contribution >= 0.6 is 11.6 Å². The van der Waals surface area contributed by atoms with Gasteiger partial charge < -0.3 is 4.74 Å². The van der Waals surface area contributed by atoms with E-state index in [-0.39, 0.29) is 11.9 Å². The fourth-order valence-electron chi connectivity index (χ4n) is 3.21. The predicted molar refractivity (Wildman–Crippen MR) is 106 cm³/mol. The van der Waals surface area contributed by atoms with Gasteiger partial charge in [-0.25, -0.2) is 13.4 Å². The van der Waals surface area contributed by atoms with Crippen molar-refractivity contribution in [2.75, 3.05) is 13.1 Å². The van der Waals surface area contributed by atoms with Gasteiger partial charge in [-0.05, 0) is 36.2 Å². The van der Waals surface area contributed by atoms with Gasteiger partial charge in [-0.2, -0.15) is 4.31 Å². The van der Waals surface area contributed by atoms with Gasteiger partial charge in [-0.15, -0.1) is 0 Å². The van der Waals surface area contributed by atoms with Gasteiger partial charge in [0.15, 0.2) is 0 Å². The van der Waals surface area contributed by atoms with Crippen molar-refractivity contribution in [2.45, 2.75) is 18.3 Å². The normalized spacial score (nSPS) is 18.0. The number of benzene rings is 2. The van der Waals surface area contributed by atoms with Crippen molar-refractivity contribution in [3.63, 3.8) is 0 Å². The monoisotopic (exact) mass is 402 g/mol. The molecule has 1 aromatic heterocycles. The highest BCUT2D eigenvalue weighted by Crippen LogP contribution is 2.23.